The molecule has 0 fully saturated rings. The van der Waals surface area contributed by atoms with Crippen LogP contribution in [0.1, 0.15) is 19.4 Å². The predicted molar refractivity (Wildman–Crippen MR) is 78.1 cm³/mol. The molecule has 0 radical (unpaired) electrons. The summed E-state index contributed by atoms with van der Waals surface area (Å²) in [4.78, 5) is 6.88. The zero-order valence-corrected chi connectivity index (χ0v) is 11.4. The molecular weight excluding hydrogens is 222 g/mol. The van der Waals surface area contributed by atoms with Gasteiger partial charge in [0, 0.05) is 25.5 Å². The Hall–Kier alpha value is -1.61. The average molecular weight is 243 g/mol. The van der Waals surface area contributed by atoms with E-state index in [0.717, 1.165) is 31.0 Å². The molecule has 3 nitrogen and oxygen atoms in total. The molecule has 0 bridgehead atoms. The predicted octanol–water partition coefficient (Wildman–Crippen LogP) is 2.80. The number of pyridine rings is 1. The number of fused-ring (bicyclic) bond motifs is 1. The Morgan fingerprint density at radius 3 is 2.72 bits per heavy atom. The molecule has 0 aliphatic rings. The summed E-state index contributed by atoms with van der Waals surface area (Å²) in [7, 11) is 2.08. The molecule has 1 aromatic carbocycles. The van der Waals surface area contributed by atoms with Gasteiger partial charge in [0.15, 0.2) is 0 Å². The second-order valence-corrected chi connectivity index (χ2v) is 4.45. The van der Waals surface area contributed by atoms with Gasteiger partial charge in [-0.25, -0.2) is 4.98 Å². The van der Waals surface area contributed by atoms with Crippen LogP contribution < -0.4 is 10.2 Å². The van der Waals surface area contributed by atoms with E-state index in [1.807, 2.05) is 6.07 Å². The van der Waals surface area contributed by atoms with Crippen LogP contribution in [0.5, 0.6) is 0 Å². The third kappa shape index (κ3) is 2.62. The number of anilines is 1. The molecule has 0 saturated carbocycles. The van der Waals surface area contributed by atoms with Gasteiger partial charge in [0.25, 0.3) is 0 Å². The van der Waals surface area contributed by atoms with Gasteiger partial charge in [0.2, 0.25) is 0 Å². The molecule has 0 unspecified atom stereocenters. The van der Waals surface area contributed by atoms with Crippen LogP contribution in [-0.2, 0) is 6.54 Å². The highest BCUT2D eigenvalue weighted by Crippen LogP contribution is 2.22. The van der Waals surface area contributed by atoms with Crippen LogP contribution >= 0.6 is 0 Å². The Morgan fingerprint density at radius 1 is 1.22 bits per heavy atom. The summed E-state index contributed by atoms with van der Waals surface area (Å²) in [5.74, 6) is 1.05. The van der Waals surface area contributed by atoms with Crippen molar-refractivity contribution in [2.24, 2.45) is 0 Å². The van der Waals surface area contributed by atoms with Crippen LogP contribution in [0.15, 0.2) is 30.3 Å². The summed E-state index contributed by atoms with van der Waals surface area (Å²) < 4.78 is 0. The molecule has 0 aliphatic heterocycles. The average Bonchev–Trinajstić information content (AvgIpc) is 2.43. The monoisotopic (exact) mass is 243 g/mol. The molecule has 2 rings (SSSR count). The fraction of sp³-hybridized carbons (Fsp3) is 0.400. The van der Waals surface area contributed by atoms with Gasteiger partial charge in [-0.15, -0.1) is 0 Å². The first-order chi connectivity index (χ1) is 8.76. The Balaban J connectivity index is 2.49. The normalized spacial score (nSPS) is 10.8. The van der Waals surface area contributed by atoms with Gasteiger partial charge in [-0.1, -0.05) is 25.1 Å². The van der Waals surface area contributed by atoms with Crippen molar-refractivity contribution in [3.05, 3.63) is 35.9 Å². The fourth-order valence-corrected chi connectivity index (χ4v) is 2.00. The number of hydrogen-bond acceptors (Lipinski definition) is 3. The molecule has 0 amide bonds. The third-order valence-corrected chi connectivity index (χ3v) is 3.22. The van der Waals surface area contributed by atoms with Crippen molar-refractivity contribution in [2.75, 3.05) is 25.0 Å². The van der Waals surface area contributed by atoms with E-state index < -0.39 is 0 Å². The van der Waals surface area contributed by atoms with Crippen LogP contribution in [0.25, 0.3) is 10.9 Å². The van der Waals surface area contributed by atoms with Crippen molar-refractivity contribution in [2.45, 2.75) is 20.4 Å². The molecule has 0 atom stereocenters. The molecule has 3 heteroatoms. The molecule has 1 heterocycles. The first kappa shape index (κ1) is 12.8. The lowest BCUT2D eigenvalue weighted by Crippen LogP contribution is -2.18. The number of nitrogens with one attached hydrogen (secondary N) is 1. The second kappa shape index (κ2) is 5.83. The molecule has 0 saturated heterocycles. The van der Waals surface area contributed by atoms with Crippen LogP contribution in [-0.4, -0.2) is 25.1 Å². The molecule has 0 aliphatic carbocycles. The number of aromatic nitrogens is 1. The Bertz CT molecular complexity index is 522. The zero-order chi connectivity index (χ0) is 13.0. The van der Waals surface area contributed by atoms with Crippen molar-refractivity contribution in [1.82, 2.24) is 10.3 Å². The summed E-state index contributed by atoms with van der Waals surface area (Å²) in [5.41, 5.74) is 2.39. The maximum atomic E-state index is 4.71. The minimum absolute atomic E-state index is 0.893. The van der Waals surface area contributed by atoms with Crippen molar-refractivity contribution in [3.63, 3.8) is 0 Å². The molecule has 96 valence electrons. The Kier molecular flexibility index (Phi) is 4.15. The topological polar surface area (TPSA) is 28.2 Å². The standard InChI is InChI=1S/C15H21N3/c1-4-16-11-12-10-15(18(3)5-2)17-14-9-7-6-8-13(12)14/h6-10,16H,4-5,11H2,1-3H3. The fourth-order valence-electron chi connectivity index (χ4n) is 2.00. The SMILES string of the molecule is CCNCc1cc(N(C)CC)nc2ccccc12. The van der Waals surface area contributed by atoms with Gasteiger partial charge in [0.05, 0.1) is 5.52 Å². The summed E-state index contributed by atoms with van der Waals surface area (Å²) in [6.45, 7) is 7.11. The lowest BCUT2D eigenvalue weighted by Gasteiger charge is -2.18. The summed E-state index contributed by atoms with van der Waals surface area (Å²) in [6.07, 6.45) is 0. The van der Waals surface area contributed by atoms with Gasteiger partial charge >= 0.3 is 0 Å². The van der Waals surface area contributed by atoms with E-state index >= 15 is 0 Å². The minimum atomic E-state index is 0.893. The molecule has 2 aromatic rings. The maximum absolute atomic E-state index is 4.71. The largest absolute Gasteiger partial charge is 0.360 e. The van der Waals surface area contributed by atoms with Gasteiger partial charge in [-0.3, -0.25) is 0 Å². The molecular formula is C15H21N3. The van der Waals surface area contributed by atoms with Crippen molar-refractivity contribution in [1.29, 1.82) is 0 Å². The van der Waals surface area contributed by atoms with E-state index in [2.05, 4.69) is 55.4 Å². The van der Waals surface area contributed by atoms with Crippen LogP contribution in [0.3, 0.4) is 0 Å². The second-order valence-electron chi connectivity index (χ2n) is 4.45. The zero-order valence-electron chi connectivity index (χ0n) is 11.4. The van der Waals surface area contributed by atoms with Crippen molar-refractivity contribution < 1.29 is 0 Å². The lowest BCUT2D eigenvalue weighted by molar-refractivity contribution is 0.729. The van der Waals surface area contributed by atoms with Crippen LogP contribution in [0.2, 0.25) is 0 Å². The Morgan fingerprint density at radius 2 is 2.00 bits per heavy atom. The molecule has 1 aromatic heterocycles. The molecule has 1 N–H and O–H groups in total. The number of hydrogen-bond donors (Lipinski definition) is 1. The van der Waals surface area contributed by atoms with E-state index in [-0.39, 0.29) is 0 Å². The Labute approximate surface area is 109 Å². The highest BCUT2D eigenvalue weighted by atomic mass is 15.2. The van der Waals surface area contributed by atoms with E-state index in [4.69, 9.17) is 4.98 Å². The van der Waals surface area contributed by atoms with Crippen molar-refractivity contribution in [3.8, 4) is 0 Å². The molecule has 18 heavy (non-hydrogen) atoms. The van der Waals surface area contributed by atoms with Crippen LogP contribution in [0, 0.1) is 0 Å². The highest BCUT2D eigenvalue weighted by molar-refractivity contribution is 5.84. The number of para-hydroxylation sites is 1. The van der Waals surface area contributed by atoms with E-state index in [1.165, 1.54) is 10.9 Å². The first-order valence-electron chi connectivity index (χ1n) is 6.56. The quantitative estimate of drug-likeness (QED) is 0.875. The van der Waals surface area contributed by atoms with E-state index in [9.17, 15) is 0 Å². The van der Waals surface area contributed by atoms with E-state index in [1.54, 1.807) is 0 Å². The molecule has 0 spiro atoms. The minimum Gasteiger partial charge on any atom is -0.360 e. The summed E-state index contributed by atoms with van der Waals surface area (Å²) in [6, 6.07) is 10.5. The van der Waals surface area contributed by atoms with Crippen molar-refractivity contribution >= 4 is 16.7 Å². The number of nitrogens with zero attached hydrogens (tertiary/aromatic N) is 2. The first-order valence-corrected chi connectivity index (χ1v) is 6.56. The van der Waals surface area contributed by atoms with Gasteiger partial charge in [0.1, 0.15) is 5.82 Å². The smallest absolute Gasteiger partial charge is 0.129 e. The highest BCUT2D eigenvalue weighted by Gasteiger charge is 2.07. The lowest BCUT2D eigenvalue weighted by atomic mass is 10.1. The summed E-state index contributed by atoms with van der Waals surface area (Å²) >= 11 is 0. The third-order valence-electron chi connectivity index (χ3n) is 3.22. The van der Waals surface area contributed by atoms with Gasteiger partial charge in [-0.2, -0.15) is 0 Å². The van der Waals surface area contributed by atoms with E-state index in [0.29, 0.717) is 0 Å². The number of benzene rings is 1. The maximum Gasteiger partial charge on any atom is 0.129 e. The van der Waals surface area contributed by atoms with Gasteiger partial charge < -0.3 is 10.2 Å². The summed E-state index contributed by atoms with van der Waals surface area (Å²) in [5, 5.41) is 4.64. The van der Waals surface area contributed by atoms with Gasteiger partial charge in [-0.05, 0) is 31.2 Å². The van der Waals surface area contributed by atoms with Crippen LogP contribution in [0.4, 0.5) is 5.82 Å². The number of rotatable bonds is 5.